The summed E-state index contributed by atoms with van der Waals surface area (Å²) in [7, 11) is 1.16. The summed E-state index contributed by atoms with van der Waals surface area (Å²) >= 11 is 0. The molecule has 216 valence electrons. The van der Waals surface area contributed by atoms with Gasteiger partial charge in [-0.1, -0.05) is 20.8 Å². The number of cyclic esters (lactones) is 1. The summed E-state index contributed by atoms with van der Waals surface area (Å²) < 4.78 is 29.1. The van der Waals surface area contributed by atoms with Gasteiger partial charge in [-0.25, -0.2) is 4.79 Å². The van der Waals surface area contributed by atoms with Gasteiger partial charge >= 0.3 is 17.9 Å². The van der Waals surface area contributed by atoms with Crippen LogP contribution < -0.4 is 0 Å². The number of aliphatic hydroxyl groups excluding tert-OH is 1. The molecule has 0 amide bonds. The number of aliphatic hydroxyl groups is 2. The van der Waals surface area contributed by atoms with Crippen molar-refractivity contribution in [3.63, 3.8) is 0 Å². The fraction of sp³-hybridized carbons (Fsp3) is 0.724. The first kappa shape index (κ1) is 26.2. The highest BCUT2D eigenvalue weighted by atomic mass is 16.6. The molecule has 1 aromatic rings. The molecule has 1 spiro atoms. The van der Waals surface area contributed by atoms with Crippen LogP contribution in [-0.4, -0.2) is 70.0 Å². The Morgan fingerprint density at radius 3 is 2.55 bits per heavy atom. The lowest BCUT2D eigenvalue weighted by Gasteiger charge is -2.63. The number of fused-ring (bicyclic) bond motifs is 2. The number of hydrogen-bond donors (Lipinski definition) is 2. The number of hydrogen-bond acceptors (Lipinski definition) is 11. The lowest BCUT2D eigenvalue weighted by Crippen LogP contribution is -2.72. The van der Waals surface area contributed by atoms with Crippen molar-refractivity contribution in [2.45, 2.75) is 88.5 Å². The fourth-order valence-electron chi connectivity index (χ4n) is 11.2. The maximum absolute atomic E-state index is 14.5. The van der Waals surface area contributed by atoms with E-state index in [9.17, 15) is 29.4 Å². The minimum Gasteiger partial charge on any atom is -0.472 e. The molecule has 3 heterocycles. The van der Waals surface area contributed by atoms with E-state index in [2.05, 4.69) is 0 Å². The van der Waals surface area contributed by atoms with Crippen LogP contribution in [0.4, 0.5) is 0 Å². The topological polar surface area (TPSA) is 159 Å². The molecule has 4 saturated carbocycles. The maximum atomic E-state index is 14.5. The Balaban J connectivity index is 1.52. The molecule has 1 aromatic heterocycles. The predicted molar refractivity (Wildman–Crippen MR) is 131 cm³/mol. The van der Waals surface area contributed by atoms with Crippen molar-refractivity contribution in [3.8, 4) is 0 Å². The zero-order valence-corrected chi connectivity index (χ0v) is 23.1. The van der Waals surface area contributed by atoms with Crippen molar-refractivity contribution in [1.82, 2.24) is 0 Å². The number of Topliss-reactive ketones (excluding diaryl/α,β-unsaturated/α-hetero) is 1. The van der Waals surface area contributed by atoms with E-state index >= 15 is 0 Å². The maximum Gasteiger partial charge on any atom is 0.335 e. The van der Waals surface area contributed by atoms with E-state index in [1.54, 1.807) is 19.9 Å². The van der Waals surface area contributed by atoms with Gasteiger partial charge in [0.25, 0.3) is 0 Å². The average Bonchev–Trinajstić information content (AvgIpc) is 3.57. The molecular weight excluding hydrogens is 524 g/mol. The van der Waals surface area contributed by atoms with Crippen molar-refractivity contribution in [1.29, 1.82) is 0 Å². The fourth-order valence-corrected chi connectivity index (χ4v) is 11.2. The molecule has 40 heavy (non-hydrogen) atoms. The van der Waals surface area contributed by atoms with Crippen LogP contribution in [0, 0.1) is 34.0 Å². The van der Waals surface area contributed by atoms with E-state index in [4.69, 9.17) is 23.4 Å². The smallest absolute Gasteiger partial charge is 0.335 e. The highest BCUT2D eigenvalue weighted by Crippen LogP contribution is 2.86. The number of furan rings is 1. The van der Waals surface area contributed by atoms with Crippen molar-refractivity contribution < 1.29 is 52.8 Å². The van der Waals surface area contributed by atoms with E-state index in [0.29, 0.717) is 18.4 Å². The predicted octanol–water partition coefficient (Wildman–Crippen LogP) is 1.63. The number of rotatable bonds is 4. The molecule has 6 fully saturated rings. The number of carbonyl (C=O) groups excluding carboxylic acids is 4. The van der Waals surface area contributed by atoms with Crippen molar-refractivity contribution in [3.05, 3.63) is 24.2 Å². The third-order valence-electron chi connectivity index (χ3n) is 12.2. The molecule has 0 radical (unpaired) electrons. The first-order valence-electron chi connectivity index (χ1n) is 13.8. The first-order chi connectivity index (χ1) is 18.7. The van der Waals surface area contributed by atoms with E-state index < -0.39 is 92.8 Å². The Kier molecular flexibility index (Phi) is 4.81. The van der Waals surface area contributed by atoms with Crippen LogP contribution in [0.1, 0.15) is 65.0 Å². The molecule has 2 bridgehead atoms. The second kappa shape index (κ2) is 7.35. The van der Waals surface area contributed by atoms with E-state index in [-0.39, 0.29) is 12.8 Å². The molecule has 11 nitrogen and oxygen atoms in total. The summed E-state index contributed by atoms with van der Waals surface area (Å²) in [4.78, 5) is 53.4. The Labute approximate surface area is 230 Å². The summed E-state index contributed by atoms with van der Waals surface area (Å²) in [5.74, 6) is -5.28. The van der Waals surface area contributed by atoms with Crippen LogP contribution in [0.3, 0.4) is 0 Å². The van der Waals surface area contributed by atoms with Gasteiger partial charge in [0.2, 0.25) is 0 Å². The van der Waals surface area contributed by atoms with Crippen LogP contribution in [-0.2, 0) is 38.1 Å². The summed E-state index contributed by atoms with van der Waals surface area (Å²) in [6.45, 7) is 6.64. The molecule has 6 aliphatic rings. The van der Waals surface area contributed by atoms with Gasteiger partial charge < -0.3 is 33.6 Å². The normalized spacial score (nSPS) is 52.1. The molecular formula is C29H34O11. The molecule has 2 N–H and O–H groups in total. The molecule has 11 heteroatoms. The summed E-state index contributed by atoms with van der Waals surface area (Å²) in [5.41, 5.74) is -7.83. The van der Waals surface area contributed by atoms with Crippen molar-refractivity contribution in [2.24, 2.45) is 34.0 Å². The second-order valence-electron chi connectivity index (χ2n) is 13.5. The van der Waals surface area contributed by atoms with E-state index in [0.717, 1.165) is 7.11 Å². The molecule has 2 saturated heterocycles. The van der Waals surface area contributed by atoms with Crippen LogP contribution >= 0.6 is 0 Å². The zero-order valence-electron chi connectivity index (χ0n) is 23.1. The van der Waals surface area contributed by atoms with E-state index in [1.165, 1.54) is 19.5 Å². The minimum atomic E-state index is -1.83. The summed E-state index contributed by atoms with van der Waals surface area (Å²) in [5, 5.41) is 24.7. The van der Waals surface area contributed by atoms with Gasteiger partial charge in [0.05, 0.1) is 32.0 Å². The first-order valence-corrected chi connectivity index (χ1v) is 13.8. The Bertz CT molecular complexity index is 1360. The third kappa shape index (κ3) is 2.36. The summed E-state index contributed by atoms with van der Waals surface area (Å²) in [6.07, 6.45) is -0.337. The van der Waals surface area contributed by atoms with Gasteiger partial charge in [-0.05, 0) is 18.9 Å². The Hall–Kier alpha value is -2.76. The average molecular weight is 559 g/mol. The standard InChI is InChI=1S/C29H34O11/c1-13(30)39-27-12-24(2)19(17(32)23(34)36-5)26(27,4)15-6-8-25(3)22(14-7-9-37-11-14)38-16(31)10-28(25)29(15,35)20(27)18(40-28)21(24)33/h7,9,11,15,17-20,22,32,35H,6,8,10,12H2,1-5H3/t15-,17+,18-,19+,20+,22-,24-,25+,26-,27+,28-,29+/m1/s1. The number of methoxy groups -OCH3 is 1. The quantitative estimate of drug-likeness (QED) is 0.409. The number of esters is 3. The lowest BCUT2D eigenvalue weighted by molar-refractivity contribution is -0.295. The number of carbonyl (C=O) groups is 4. The second-order valence-corrected chi connectivity index (χ2v) is 13.5. The van der Waals surface area contributed by atoms with Gasteiger partial charge in [0.15, 0.2) is 11.9 Å². The van der Waals surface area contributed by atoms with Crippen LogP contribution in [0.2, 0.25) is 0 Å². The minimum absolute atomic E-state index is 0.000624. The highest BCUT2D eigenvalue weighted by molar-refractivity contribution is 5.95. The lowest BCUT2D eigenvalue weighted by atomic mass is 9.45. The third-order valence-corrected chi connectivity index (χ3v) is 12.2. The highest BCUT2D eigenvalue weighted by Gasteiger charge is 2.96. The summed E-state index contributed by atoms with van der Waals surface area (Å²) in [6, 6.07) is 1.70. The zero-order chi connectivity index (χ0) is 28.8. The van der Waals surface area contributed by atoms with Crippen LogP contribution in [0.25, 0.3) is 0 Å². The molecule has 4 aliphatic carbocycles. The van der Waals surface area contributed by atoms with Gasteiger partial charge in [-0.2, -0.15) is 0 Å². The van der Waals surface area contributed by atoms with Gasteiger partial charge in [-0.15, -0.1) is 0 Å². The number of ketones is 1. The Morgan fingerprint density at radius 1 is 1.20 bits per heavy atom. The van der Waals surface area contributed by atoms with Crippen molar-refractivity contribution >= 4 is 23.7 Å². The monoisotopic (exact) mass is 558 g/mol. The molecule has 0 aromatic carbocycles. The largest absolute Gasteiger partial charge is 0.472 e. The van der Waals surface area contributed by atoms with Crippen LogP contribution in [0.15, 0.2) is 23.0 Å². The van der Waals surface area contributed by atoms with Crippen LogP contribution in [0.5, 0.6) is 0 Å². The van der Waals surface area contributed by atoms with E-state index in [1.807, 2.05) is 6.92 Å². The van der Waals surface area contributed by atoms with Gasteiger partial charge in [0.1, 0.15) is 29.0 Å². The van der Waals surface area contributed by atoms with Crippen molar-refractivity contribution in [2.75, 3.05) is 7.11 Å². The molecule has 0 unspecified atom stereocenters. The molecule has 2 aliphatic heterocycles. The van der Waals surface area contributed by atoms with Gasteiger partial charge in [0, 0.05) is 47.0 Å². The Morgan fingerprint density at radius 2 is 1.93 bits per heavy atom. The SMILES string of the molecule is COC(=O)[C@@H](O)[C@@H]1[C@@]2(C)[C@H]3CC[C@@]4(C)[C@@H](c5ccoc5)OC(=O)C[C@@]45O[C@H]4C(=O)[C@]1(C)C[C@]2(OC(C)=O)[C@H]4[C@@]35O. The molecule has 7 rings (SSSR count). The van der Waals surface area contributed by atoms with Gasteiger partial charge in [-0.3, -0.25) is 14.4 Å². The molecule has 12 atom stereocenters. The number of ether oxygens (including phenoxy) is 4.